The second kappa shape index (κ2) is 3.73. The van der Waals surface area contributed by atoms with E-state index in [4.69, 9.17) is 5.11 Å². The van der Waals surface area contributed by atoms with Gasteiger partial charge in [-0.2, -0.15) is 0 Å². The van der Waals surface area contributed by atoms with E-state index in [1.165, 1.54) is 6.92 Å². The Hall–Kier alpha value is -0.650. The van der Waals surface area contributed by atoms with Crippen molar-refractivity contribution in [1.29, 1.82) is 0 Å². The number of likely N-dealkylation sites (tertiary alicyclic amines) is 1. The molecule has 0 spiro atoms. The van der Waals surface area contributed by atoms with Crippen LogP contribution in [0.15, 0.2) is 0 Å². The Labute approximate surface area is 89.1 Å². The van der Waals surface area contributed by atoms with Gasteiger partial charge >= 0.3 is 5.97 Å². The predicted octanol–water partition coefficient (Wildman–Crippen LogP) is -1.03. The van der Waals surface area contributed by atoms with E-state index >= 15 is 0 Å². The highest BCUT2D eigenvalue weighted by molar-refractivity contribution is 5.76. The van der Waals surface area contributed by atoms with Crippen LogP contribution in [-0.2, 0) is 4.79 Å². The van der Waals surface area contributed by atoms with Crippen molar-refractivity contribution >= 4 is 5.97 Å². The van der Waals surface area contributed by atoms with E-state index in [1.807, 2.05) is 0 Å². The second-order valence-corrected chi connectivity index (χ2v) is 4.95. The molecule has 5 heteroatoms. The maximum atomic E-state index is 10.8. The first-order valence-corrected chi connectivity index (χ1v) is 5.38. The highest BCUT2D eigenvalue weighted by atomic mass is 16.4. The Morgan fingerprint density at radius 1 is 1.47 bits per heavy atom. The molecule has 86 valence electrons. The lowest BCUT2D eigenvalue weighted by Gasteiger charge is -2.25. The molecule has 3 N–H and O–H groups in total. The van der Waals surface area contributed by atoms with Crippen LogP contribution in [-0.4, -0.2) is 59.4 Å². The van der Waals surface area contributed by atoms with Gasteiger partial charge in [0.2, 0.25) is 0 Å². The zero-order valence-electron chi connectivity index (χ0n) is 8.94. The summed E-state index contributed by atoms with van der Waals surface area (Å²) in [6.07, 6.45) is 0. The molecule has 0 radical (unpaired) electrons. The van der Waals surface area contributed by atoms with Crippen molar-refractivity contribution in [3.8, 4) is 0 Å². The summed E-state index contributed by atoms with van der Waals surface area (Å²) < 4.78 is 0. The second-order valence-electron chi connectivity index (χ2n) is 4.95. The first-order chi connectivity index (χ1) is 6.99. The molecule has 3 atom stereocenters. The van der Waals surface area contributed by atoms with Crippen LogP contribution < -0.4 is 5.32 Å². The Kier molecular flexibility index (Phi) is 2.70. The molecule has 5 nitrogen and oxygen atoms in total. The predicted molar refractivity (Wildman–Crippen MR) is 54.5 cm³/mol. The molecular weight excluding hydrogens is 196 g/mol. The average Bonchev–Trinajstić information content (AvgIpc) is 2.62. The van der Waals surface area contributed by atoms with Crippen molar-refractivity contribution < 1.29 is 15.0 Å². The molecule has 2 heterocycles. The summed E-state index contributed by atoms with van der Waals surface area (Å²) in [6, 6.07) is 0. The monoisotopic (exact) mass is 214 g/mol. The minimum Gasteiger partial charge on any atom is -0.479 e. The lowest BCUT2D eigenvalue weighted by molar-refractivity contribution is -0.158. The third-order valence-corrected chi connectivity index (χ3v) is 3.46. The molecule has 3 unspecified atom stereocenters. The Morgan fingerprint density at radius 3 is 2.47 bits per heavy atom. The van der Waals surface area contributed by atoms with Crippen LogP contribution >= 0.6 is 0 Å². The first-order valence-electron chi connectivity index (χ1n) is 5.38. The summed E-state index contributed by atoms with van der Waals surface area (Å²) in [7, 11) is 0. The number of nitrogens with zero attached hydrogens (tertiary/aromatic N) is 1. The summed E-state index contributed by atoms with van der Waals surface area (Å²) >= 11 is 0. The third kappa shape index (κ3) is 2.14. The van der Waals surface area contributed by atoms with E-state index in [2.05, 4.69) is 10.2 Å². The van der Waals surface area contributed by atoms with E-state index in [9.17, 15) is 9.90 Å². The number of hydrogen-bond acceptors (Lipinski definition) is 4. The summed E-state index contributed by atoms with van der Waals surface area (Å²) in [4.78, 5) is 12.8. The van der Waals surface area contributed by atoms with Crippen LogP contribution in [0.2, 0.25) is 0 Å². The van der Waals surface area contributed by atoms with Crippen molar-refractivity contribution in [2.75, 3.05) is 32.7 Å². The number of aliphatic hydroxyl groups is 1. The van der Waals surface area contributed by atoms with Gasteiger partial charge < -0.3 is 15.5 Å². The molecular formula is C10H18N2O3. The molecule has 2 aliphatic heterocycles. The fraction of sp³-hybridized carbons (Fsp3) is 0.900. The van der Waals surface area contributed by atoms with Gasteiger partial charge in [0, 0.05) is 19.6 Å². The van der Waals surface area contributed by atoms with Crippen LogP contribution in [0.1, 0.15) is 6.92 Å². The number of hydrogen-bond donors (Lipinski definition) is 3. The number of aliphatic carboxylic acids is 1. The van der Waals surface area contributed by atoms with Crippen molar-refractivity contribution in [2.45, 2.75) is 12.5 Å². The van der Waals surface area contributed by atoms with Crippen LogP contribution in [0.5, 0.6) is 0 Å². The molecule has 15 heavy (non-hydrogen) atoms. The van der Waals surface area contributed by atoms with Crippen molar-refractivity contribution in [1.82, 2.24) is 10.2 Å². The van der Waals surface area contributed by atoms with Gasteiger partial charge in [0.15, 0.2) is 5.60 Å². The summed E-state index contributed by atoms with van der Waals surface area (Å²) in [5, 5.41) is 21.8. The zero-order chi connectivity index (χ0) is 11.1. The largest absolute Gasteiger partial charge is 0.479 e. The smallest absolute Gasteiger partial charge is 0.336 e. The summed E-state index contributed by atoms with van der Waals surface area (Å²) in [5.74, 6) is 0.127. The maximum Gasteiger partial charge on any atom is 0.336 e. The summed E-state index contributed by atoms with van der Waals surface area (Å²) in [6.45, 7) is 5.45. The van der Waals surface area contributed by atoms with Crippen LogP contribution in [0, 0.1) is 11.8 Å². The van der Waals surface area contributed by atoms with Crippen LogP contribution in [0.4, 0.5) is 0 Å². The molecule has 0 aromatic carbocycles. The number of carbonyl (C=O) groups is 1. The number of rotatable bonds is 3. The molecule has 2 saturated heterocycles. The van der Waals surface area contributed by atoms with E-state index in [0.29, 0.717) is 11.8 Å². The Bertz CT molecular complexity index is 255. The molecule has 0 aliphatic carbocycles. The van der Waals surface area contributed by atoms with E-state index in [0.717, 1.165) is 26.2 Å². The highest BCUT2D eigenvalue weighted by Gasteiger charge is 2.40. The van der Waals surface area contributed by atoms with Gasteiger partial charge in [0.25, 0.3) is 0 Å². The van der Waals surface area contributed by atoms with Crippen LogP contribution in [0.3, 0.4) is 0 Å². The maximum absolute atomic E-state index is 10.8. The normalized spacial score (nSPS) is 35.1. The minimum atomic E-state index is -1.62. The lowest BCUT2D eigenvalue weighted by Crippen LogP contribution is -2.46. The van der Waals surface area contributed by atoms with Crippen molar-refractivity contribution in [3.63, 3.8) is 0 Å². The van der Waals surface area contributed by atoms with E-state index in [-0.39, 0.29) is 6.54 Å². The zero-order valence-corrected chi connectivity index (χ0v) is 8.94. The van der Waals surface area contributed by atoms with E-state index < -0.39 is 11.6 Å². The molecule has 0 saturated carbocycles. The molecule has 2 rings (SSSR count). The topological polar surface area (TPSA) is 72.8 Å². The molecule has 0 aromatic heterocycles. The Morgan fingerprint density at radius 2 is 2.00 bits per heavy atom. The Balaban J connectivity index is 1.90. The number of fused-ring (bicyclic) bond motifs is 1. The first kappa shape index (κ1) is 10.9. The van der Waals surface area contributed by atoms with Crippen LogP contribution in [0.25, 0.3) is 0 Å². The summed E-state index contributed by atoms with van der Waals surface area (Å²) in [5.41, 5.74) is -1.62. The van der Waals surface area contributed by atoms with Gasteiger partial charge in [-0.15, -0.1) is 0 Å². The standard InChI is InChI=1S/C10H18N2O3/c1-10(15,9(13)14)6-12-4-7-2-11-3-8(7)5-12/h7-8,11,15H,2-6H2,1H3,(H,13,14). The fourth-order valence-corrected chi connectivity index (χ4v) is 2.58. The third-order valence-electron chi connectivity index (χ3n) is 3.46. The van der Waals surface area contributed by atoms with Gasteiger partial charge in [-0.05, 0) is 31.8 Å². The van der Waals surface area contributed by atoms with Crippen molar-refractivity contribution in [2.24, 2.45) is 11.8 Å². The SMILES string of the molecule is CC(O)(CN1CC2CNCC2C1)C(=O)O. The molecule has 2 aliphatic rings. The van der Waals surface area contributed by atoms with Crippen molar-refractivity contribution in [3.05, 3.63) is 0 Å². The lowest BCUT2D eigenvalue weighted by atomic mass is 10.0. The molecule has 0 bridgehead atoms. The highest BCUT2D eigenvalue weighted by Crippen LogP contribution is 2.27. The van der Waals surface area contributed by atoms with Gasteiger partial charge in [-0.1, -0.05) is 0 Å². The van der Waals surface area contributed by atoms with Gasteiger partial charge in [-0.25, -0.2) is 4.79 Å². The number of nitrogens with one attached hydrogen (secondary N) is 1. The van der Waals surface area contributed by atoms with E-state index in [1.54, 1.807) is 0 Å². The molecule has 2 fully saturated rings. The number of carboxylic acids is 1. The number of β-amino-alcohol motifs (C(OH)–C–C–N with tert-alkyl or cyclic N) is 1. The average molecular weight is 214 g/mol. The molecule has 0 aromatic rings. The van der Waals surface area contributed by atoms with Gasteiger partial charge in [-0.3, -0.25) is 4.90 Å². The van der Waals surface area contributed by atoms with Gasteiger partial charge in [0.1, 0.15) is 0 Å². The van der Waals surface area contributed by atoms with Gasteiger partial charge in [0.05, 0.1) is 0 Å². The molecule has 0 amide bonds. The quantitative estimate of drug-likeness (QED) is 0.560. The number of carboxylic acid groups (broad SMARTS) is 1. The fourth-order valence-electron chi connectivity index (χ4n) is 2.58. The minimum absolute atomic E-state index is 0.231.